The second-order valence-electron chi connectivity index (χ2n) is 3.08. The van der Waals surface area contributed by atoms with Gasteiger partial charge in [-0.15, -0.1) is 0 Å². The predicted molar refractivity (Wildman–Crippen MR) is 58.2 cm³/mol. The number of aromatic hydroxyl groups is 1. The van der Waals surface area contributed by atoms with Gasteiger partial charge in [0.05, 0.1) is 0 Å². The van der Waals surface area contributed by atoms with Crippen molar-refractivity contribution >= 4 is 29.4 Å². The van der Waals surface area contributed by atoms with E-state index in [1.165, 1.54) is 12.1 Å². The van der Waals surface area contributed by atoms with Gasteiger partial charge < -0.3 is 0 Å². The molecule has 0 amide bonds. The van der Waals surface area contributed by atoms with Crippen molar-refractivity contribution < 1.29 is 35.5 Å². The Morgan fingerprint density at radius 1 is 1.06 bits per heavy atom. The van der Waals surface area contributed by atoms with E-state index in [0.717, 1.165) is 6.07 Å². The van der Waals surface area contributed by atoms with Crippen LogP contribution in [-0.4, -0.2) is 5.11 Å². The van der Waals surface area contributed by atoms with Crippen molar-refractivity contribution in [2.24, 2.45) is 0 Å². The first-order valence-electron chi connectivity index (χ1n) is 4.10. The first-order valence-corrected chi connectivity index (χ1v) is 11.5. The molecule has 86 valence electrons. The maximum absolute atomic E-state index is 13.6. The number of hydrogen-bond acceptors (Lipinski definition) is 1. The van der Waals surface area contributed by atoms with Gasteiger partial charge in [0, 0.05) is 0 Å². The predicted octanol–water partition coefficient (Wildman–Crippen LogP) is 0.571. The summed E-state index contributed by atoms with van der Waals surface area (Å²) in [5.74, 6) is -3.95. The molecular formula is C10H4F3I2O-. The fraction of sp³-hybridized carbons (Fsp3) is 0. The van der Waals surface area contributed by atoms with Crippen LogP contribution in [0.5, 0.6) is 5.75 Å². The fourth-order valence-electron chi connectivity index (χ4n) is 1.43. The number of fused-ring (bicyclic) bond motifs is 1. The Morgan fingerprint density at radius 3 is 2.38 bits per heavy atom. The van der Waals surface area contributed by atoms with Crippen LogP contribution >= 0.6 is 18.6 Å². The normalized spacial score (nSPS) is 11.2. The minimum atomic E-state index is -1.46. The Hall–Kier alpha value is -0.250. The Kier molecular flexibility index (Phi) is 3.48. The average molecular weight is 451 g/mol. The number of phenolic OH excluding ortho intramolecular Hbond substituents is 1. The number of hydrogen-bond donors (Lipinski definition) is 1. The van der Waals surface area contributed by atoms with Crippen molar-refractivity contribution in [2.45, 2.75) is 0 Å². The van der Waals surface area contributed by atoms with Crippen molar-refractivity contribution in [2.75, 3.05) is 0 Å². The van der Waals surface area contributed by atoms with Gasteiger partial charge >= 0.3 is 110 Å². The second-order valence-corrected chi connectivity index (χ2v) is 7.39. The fourth-order valence-corrected chi connectivity index (χ4v) is 4.78. The number of phenols is 1. The molecule has 1 N–H and O–H groups in total. The van der Waals surface area contributed by atoms with E-state index in [4.69, 9.17) is 0 Å². The van der Waals surface area contributed by atoms with Crippen LogP contribution in [0.3, 0.4) is 0 Å². The standard InChI is InChI=1S/C10H4F3I2O/c11-6-2-4-1-5(16)3-7(15-14)8(4)10(13)9(6)12/h1-3,16H/q-1. The molecule has 2 aromatic rings. The van der Waals surface area contributed by atoms with Gasteiger partial charge in [-0.1, -0.05) is 0 Å². The molecule has 6 heteroatoms. The molecule has 0 saturated heterocycles. The molecule has 16 heavy (non-hydrogen) atoms. The third-order valence-electron chi connectivity index (χ3n) is 2.09. The van der Waals surface area contributed by atoms with Gasteiger partial charge in [-0.05, 0) is 0 Å². The Bertz CT molecular complexity index is 572. The zero-order chi connectivity index (χ0) is 11.9. The summed E-state index contributed by atoms with van der Waals surface area (Å²) >= 11 is 1.50. The second kappa shape index (κ2) is 4.55. The van der Waals surface area contributed by atoms with Gasteiger partial charge in [0.1, 0.15) is 0 Å². The molecule has 2 rings (SSSR count). The molecule has 0 spiro atoms. The molecule has 0 bridgehead atoms. The summed E-state index contributed by atoms with van der Waals surface area (Å²) in [5.41, 5.74) is 0. The molecule has 0 unspecified atom stereocenters. The molecule has 0 aromatic heterocycles. The van der Waals surface area contributed by atoms with E-state index in [2.05, 4.69) is 18.6 Å². The minimum absolute atomic E-state index is 0.0655. The van der Waals surface area contributed by atoms with E-state index >= 15 is 0 Å². The maximum atomic E-state index is 13.6. The number of rotatable bonds is 1. The Balaban J connectivity index is 2.95. The summed E-state index contributed by atoms with van der Waals surface area (Å²) in [6, 6.07) is 3.51. The van der Waals surface area contributed by atoms with E-state index in [1.54, 1.807) is 0 Å². The van der Waals surface area contributed by atoms with Gasteiger partial charge in [-0.2, -0.15) is 0 Å². The van der Waals surface area contributed by atoms with Gasteiger partial charge in [0.25, 0.3) is 0 Å². The van der Waals surface area contributed by atoms with Crippen LogP contribution in [0.15, 0.2) is 18.2 Å². The van der Waals surface area contributed by atoms with Crippen LogP contribution in [-0.2, 0) is 0 Å². The molecule has 0 aliphatic rings. The van der Waals surface area contributed by atoms with Crippen LogP contribution < -0.4 is 17.2 Å². The van der Waals surface area contributed by atoms with Crippen LogP contribution in [0.4, 0.5) is 13.2 Å². The first kappa shape index (κ1) is 12.2. The summed E-state index contributed by atoms with van der Waals surface area (Å²) in [4.78, 5) is 0. The molecule has 0 atom stereocenters. The van der Waals surface area contributed by atoms with E-state index in [1.807, 2.05) is 0 Å². The van der Waals surface area contributed by atoms with Gasteiger partial charge in [-0.25, -0.2) is 0 Å². The SMILES string of the molecule is Oc1cc([I-]I)c2c(F)c(F)c(F)cc2c1. The van der Waals surface area contributed by atoms with Gasteiger partial charge in [0.15, 0.2) is 0 Å². The third kappa shape index (κ3) is 1.96. The molecule has 0 aliphatic heterocycles. The van der Waals surface area contributed by atoms with Crippen molar-refractivity contribution in [3.63, 3.8) is 0 Å². The van der Waals surface area contributed by atoms with E-state index in [9.17, 15) is 18.3 Å². The number of benzene rings is 2. The quantitative estimate of drug-likeness (QED) is 0.497. The zero-order valence-corrected chi connectivity index (χ0v) is 11.9. The van der Waals surface area contributed by atoms with Crippen LogP contribution in [0, 0.1) is 21.0 Å². The molecular weight excluding hydrogens is 447 g/mol. The molecule has 0 aliphatic carbocycles. The monoisotopic (exact) mass is 451 g/mol. The Morgan fingerprint density at radius 2 is 1.75 bits per heavy atom. The summed E-state index contributed by atoms with van der Waals surface area (Å²) in [5, 5.41) is 9.62. The Labute approximate surface area is 109 Å². The molecule has 1 nitrogen and oxygen atoms in total. The van der Waals surface area contributed by atoms with Crippen LogP contribution in [0.1, 0.15) is 0 Å². The van der Waals surface area contributed by atoms with E-state index < -0.39 is 34.7 Å². The van der Waals surface area contributed by atoms with Crippen LogP contribution in [0.2, 0.25) is 0 Å². The van der Waals surface area contributed by atoms with Gasteiger partial charge in [0.2, 0.25) is 0 Å². The zero-order valence-electron chi connectivity index (χ0n) is 7.57. The van der Waals surface area contributed by atoms with E-state index in [0.29, 0.717) is 3.57 Å². The van der Waals surface area contributed by atoms with Crippen molar-refractivity contribution in [3.8, 4) is 5.75 Å². The summed E-state index contributed by atoms with van der Waals surface area (Å²) in [7, 11) is 0. The molecule has 0 heterocycles. The third-order valence-corrected chi connectivity index (χ3v) is 6.32. The van der Waals surface area contributed by atoms with E-state index in [-0.39, 0.29) is 16.5 Å². The average Bonchev–Trinajstić information content (AvgIpc) is 2.24. The molecule has 0 fully saturated rings. The molecule has 0 radical (unpaired) electrons. The van der Waals surface area contributed by atoms with Crippen LogP contribution in [0.25, 0.3) is 10.8 Å². The molecule has 0 saturated carbocycles. The molecule has 2 aromatic carbocycles. The van der Waals surface area contributed by atoms with Crippen molar-refractivity contribution in [3.05, 3.63) is 39.2 Å². The van der Waals surface area contributed by atoms with Crippen molar-refractivity contribution in [1.29, 1.82) is 0 Å². The van der Waals surface area contributed by atoms with Gasteiger partial charge in [-0.3, -0.25) is 0 Å². The topological polar surface area (TPSA) is 20.2 Å². The summed E-state index contributed by atoms with van der Waals surface area (Å²) in [6.45, 7) is 0. The number of halogens is 5. The first-order chi connectivity index (χ1) is 7.54. The summed E-state index contributed by atoms with van der Waals surface area (Å²) in [6.07, 6.45) is 0. The summed E-state index contributed by atoms with van der Waals surface area (Å²) < 4.78 is 40.2. The van der Waals surface area contributed by atoms with Crippen molar-refractivity contribution in [1.82, 2.24) is 0 Å².